The summed E-state index contributed by atoms with van der Waals surface area (Å²) in [5.74, 6) is -0.545. The average Bonchev–Trinajstić information content (AvgIpc) is 3.04. The number of phenolic OH excluding ortho intramolecular Hbond substituents is 1. The van der Waals surface area contributed by atoms with E-state index in [0.29, 0.717) is 24.6 Å². The Balaban J connectivity index is 1.49. The Morgan fingerprint density at radius 2 is 1.92 bits per heavy atom. The van der Waals surface area contributed by atoms with Crippen LogP contribution in [-0.4, -0.2) is 29.0 Å². The van der Waals surface area contributed by atoms with Crippen LogP contribution in [0.1, 0.15) is 24.0 Å². The molecule has 0 aliphatic carbocycles. The Morgan fingerprint density at radius 3 is 2.64 bits per heavy atom. The first-order valence-electron chi connectivity index (χ1n) is 8.51. The van der Waals surface area contributed by atoms with E-state index in [1.165, 1.54) is 12.1 Å². The second-order valence-corrected chi connectivity index (χ2v) is 6.60. The Kier molecular flexibility index (Phi) is 5.31. The van der Waals surface area contributed by atoms with Gasteiger partial charge in [-0.2, -0.15) is 0 Å². The van der Waals surface area contributed by atoms with E-state index in [1.54, 1.807) is 12.1 Å². The van der Waals surface area contributed by atoms with Crippen LogP contribution < -0.4 is 0 Å². The molecule has 0 spiro atoms. The highest BCUT2D eigenvalue weighted by Crippen LogP contribution is 2.23. The number of likely N-dealkylation sites (tertiary alicyclic amines) is 1. The number of nitrogens with zero attached hydrogens (tertiary/aromatic N) is 1. The number of phenols is 1. The van der Waals surface area contributed by atoms with E-state index in [9.17, 15) is 18.7 Å². The molecule has 0 radical (unpaired) electrons. The van der Waals surface area contributed by atoms with Gasteiger partial charge in [0.15, 0.2) is 0 Å². The summed E-state index contributed by atoms with van der Waals surface area (Å²) >= 11 is 0. The second kappa shape index (κ2) is 7.64. The fourth-order valence-corrected chi connectivity index (χ4v) is 3.32. The maximum atomic E-state index is 13.6. The number of carbonyl (C=O) groups excluding carboxylic acids is 1. The van der Waals surface area contributed by atoms with Gasteiger partial charge in [0.25, 0.3) is 0 Å². The van der Waals surface area contributed by atoms with Gasteiger partial charge in [-0.25, -0.2) is 8.78 Å². The first kappa shape index (κ1) is 17.4. The smallest absolute Gasteiger partial charge is 0.222 e. The van der Waals surface area contributed by atoms with Crippen LogP contribution in [0, 0.1) is 17.6 Å². The molecule has 0 saturated carbocycles. The van der Waals surface area contributed by atoms with E-state index in [0.717, 1.165) is 24.5 Å². The lowest BCUT2D eigenvalue weighted by Gasteiger charge is -2.17. The lowest BCUT2D eigenvalue weighted by atomic mass is 9.99. The molecule has 1 N–H and O–H groups in total. The number of carbonyl (C=O) groups is 1. The zero-order valence-electron chi connectivity index (χ0n) is 13.9. The summed E-state index contributed by atoms with van der Waals surface area (Å²) in [6, 6.07) is 10.6. The lowest BCUT2D eigenvalue weighted by Crippen LogP contribution is -2.29. The second-order valence-electron chi connectivity index (χ2n) is 6.60. The van der Waals surface area contributed by atoms with Gasteiger partial charge >= 0.3 is 0 Å². The van der Waals surface area contributed by atoms with E-state index < -0.39 is 11.6 Å². The fourth-order valence-electron chi connectivity index (χ4n) is 3.32. The van der Waals surface area contributed by atoms with E-state index in [-0.39, 0.29) is 24.5 Å². The van der Waals surface area contributed by atoms with Crippen molar-refractivity contribution in [2.45, 2.75) is 25.7 Å². The molecule has 1 aliphatic heterocycles. The summed E-state index contributed by atoms with van der Waals surface area (Å²) < 4.78 is 26.5. The van der Waals surface area contributed by atoms with Crippen LogP contribution >= 0.6 is 0 Å². The highest BCUT2D eigenvalue weighted by atomic mass is 19.1. The molecule has 132 valence electrons. The van der Waals surface area contributed by atoms with E-state index in [2.05, 4.69) is 0 Å². The van der Waals surface area contributed by atoms with Crippen molar-refractivity contribution in [3.05, 3.63) is 65.2 Å². The number of hydrogen-bond donors (Lipinski definition) is 1. The zero-order valence-corrected chi connectivity index (χ0v) is 13.9. The minimum Gasteiger partial charge on any atom is -0.508 e. The Hall–Kier alpha value is -2.43. The highest BCUT2D eigenvalue weighted by Gasteiger charge is 2.26. The topological polar surface area (TPSA) is 40.5 Å². The molecule has 25 heavy (non-hydrogen) atoms. The monoisotopic (exact) mass is 345 g/mol. The number of aryl methyl sites for hydroxylation is 1. The summed E-state index contributed by atoms with van der Waals surface area (Å²) in [5, 5.41) is 9.32. The molecule has 5 heteroatoms. The normalized spacial score (nSPS) is 17.0. The first-order chi connectivity index (χ1) is 12.0. The van der Waals surface area contributed by atoms with Crippen LogP contribution in [0.3, 0.4) is 0 Å². The van der Waals surface area contributed by atoms with Crippen LogP contribution in [0.25, 0.3) is 0 Å². The summed E-state index contributed by atoms with van der Waals surface area (Å²) in [7, 11) is 0. The van der Waals surface area contributed by atoms with Crippen molar-refractivity contribution in [2.75, 3.05) is 13.1 Å². The maximum Gasteiger partial charge on any atom is 0.222 e. The molecule has 1 atom stereocenters. The molecule has 3 rings (SSSR count). The number of benzene rings is 2. The van der Waals surface area contributed by atoms with Crippen molar-refractivity contribution in [1.82, 2.24) is 4.90 Å². The Labute approximate surface area is 145 Å². The largest absolute Gasteiger partial charge is 0.508 e. The zero-order chi connectivity index (χ0) is 17.8. The van der Waals surface area contributed by atoms with Crippen molar-refractivity contribution in [3.8, 4) is 5.75 Å². The number of amides is 1. The summed E-state index contributed by atoms with van der Waals surface area (Å²) in [4.78, 5) is 14.2. The van der Waals surface area contributed by atoms with Crippen LogP contribution in [0.15, 0.2) is 42.5 Å². The number of aromatic hydroxyl groups is 1. The SMILES string of the molecule is O=C(CCc1ccc(F)cc1F)N1CCC(Cc2ccc(O)cc2)C1. The summed E-state index contributed by atoms with van der Waals surface area (Å²) in [6.45, 7) is 1.42. The molecule has 2 aromatic carbocycles. The highest BCUT2D eigenvalue weighted by molar-refractivity contribution is 5.76. The number of hydrogen-bond acceptors (Lipinski definition) is 2. The molecule has 1 saturated heterocycles. The molecule has 3 nitrogen and oxygen atoms in total. The molecule has 1 aliphatic rings. The van der Waals surface area contributed by atoms with E-state index in [4.69, 9.17) is 0 Å². The van der Waals surface area contributed by atoms with E-state index in [1.807, 2.05) is 17.0 Å². The molecule has 1 amide bonds. The van der Waals surface area contributed by atoms with Crippen molar-refractivity contribution in [1.29, 1.82) is 0 Å². The first-order valence-corrected chi connectivity index (χ1v) is 8.51. The molecule has 0 bridgehead atoms. The van der Waals surface area contributed by atoms with Crippen molar-refractivity contribution >= 4 is 5.91 Å². The molecule has 1 fully saturated rings. The predicted octanol–water partition coefficient (Wildman–Crippen LogP) is 3.69. The third kappa shape index (κ3) is 4.56. The van der Waals surface area contributed by atoms with Crippen molar-refractivity contribution in [2.24, 2.45) is 5.92 Å². The molecular weight excluding hydrogens is 324 g/mol. The molecule has 1 unspecified atom stereocenters. The molecular formula is C20H21F2NO2. The minimum absolute atomic E-state index is 0.0110. The van der Waals surface area contributed by atoms with Gasteiger partial charge in [-0.1, -0.05) is 18.2 Å². The van der Waals surface area contributed by atoms with Gasteiger partial charge in [0.05, 0.1) is 0 Å². The minimum atomic E-state index is -0.607. The van der Waals surface area contributed by atoms with Gasteiger partial charge in [-0.15, -0.1) is 0 Å². The average molecular weight is 345 g/mol. The van der Waals surface area contributed by atoms with Gasteiger partial charge in [0.2, 0.25) is 5.91 Å². The third-order valence-electron chi connectivity index (χ3n) is 4.72. The lowest BCUT2D eigenvalue weighted by molar-refractivity contribution is -0.130. The van der Waals surface area contributed by atoms with Crippen LogP contribution in [0.2, 0.25) is 0 Å². The molecule has 0 aromatic heterocycles. The quantitative estimate of drug-likeness (QED) is 0.898. The predicted molar refractivity (Wildman–Crippen MR) is 91.2 cm³/mol. The van der Waals surface area contributed by atoms with Gasteiger partial charge in [0, 0.05) is 25.6 Å². The molecule has 2 aromatic rings. The van der Waals surface area contributed by atoms with Crippen molar-refractivity contribution in [3.63, 3.8) is 0 Å². The summed E-state index contributed by atoms with van der Waals surface area (Å²) in [6.07, 6.45) is 2.33. The van der Waals surface area contributed by atoms with Gasteiger partial charge in [-0.3, -0.25) is 4.79 Å². The Bertz CT molecular complexity index is 746. The van der Waals surface area contributed by atoms with Crippen LogP contribution in [-0.2, 0) is 17.6 Å². The number of rotatable bonds is 5. The van der Waals surface area contributed by atoms with Crippen molar-refractivity contribution < 1.29 is 18.7 Å². The van der Waals surface area contributed by atoms with Gasteiger partial charge in [-0.05, 0) is 54.5 Å². The Morgan fingerprint density at radius 1 is 1.16 bits per heavy atom. The van der Waals surface area contributed by atoms with Gasteiger partial charge in [0.1, 0.15) is 17.4 Å². The standard InChI is InChI=1S/C20H21F2NO2/c21-17-5-3-16(19(22)12-17)4-8-20(25)23-10-9-15(13-23)11-14-1-6-18(24)7-2-14/h1-3,5-7,12,15,24H,4,8-11,13H2. The summed E-state index contributed by atoms with van der Waals surface area (Å²) in [5.41, 5.74) is 1.51. The number of halogens is 2. The van der Waals surface area contributed by atoms with E-state index >= 15 is 0 Å². The fraction of sp³-hybridized carbons (Fsp3) is 0.350. The van der Waals surface area contributed by atoms with Crippen LogP contribution in [0.4, 0.5) is 8.78 Å². The van der Waals surface area contributed by atoms with Crippen LogP contribution in [0.5, 0.6) is 5.75 Å². The van der Waals surface area contributed by atoms with Gasteiger partial charge < -0.3 is 10.0 Å². The molecule has 1 heterocycles. The maximum absolute atomic E-state index is 13.6. The third-order valence-corrected chi connectivity index (χ3v) is 4.72.